The first kappa shape index (κ1) is 35.7. The molecule has 2 fully saturated rings. The van der Waals surface area contributed by atoms with E-state index in [9.17, 15) is 14.0 Å². The Balaban J connectivity index is 0.000000473. The van der Waals surface area contributed by atoms with E-state index in [1.807, 2.05) is 19.9 Å². The highest BCUT2D eigenvalue weighted by molar-refractivity contribution is 6.05. The predicted molar refractivity (Wildman–Crippen MR) is 176 cm³/mol. The summed E-state index contributed by atoms with van der Waals surface area (Å²) < 4.78 is 20.3. The minimum Gasteiger partial charge on any atom is -0.464 e. The minimum atomic E-state index is -0.399. The number of halogens is 1. The van der Waals surface area contributed by atoms with Gasteiger partial charge in [0, 0.05) is 56.8 Å². The second kappa shape index (κ2) is 17.6. The van der Waals surface area contributed by atoms with Crippen molar-refractivity contribution < 1.29 is 18.7 Å². The van der Waals surface area contributed by atoms with Crippen LogP contribution in [-0.4, -0.2) is 104 Å². The van der Waals surface area contributed by atoms with Crippen LogP contribution in [0.2, 0.25) is 0 Å². The molecule has 1 aromatic carbocycles. The number of benzene rings is 1. The molecular formula is C34H49FN7O3. The number of nitrogens with zero attached hydrogens (tertiary/aromatic N) is 7. The Morgan fingerprint density at radius 2 is 1.80 bits per heavy atom. The van der Waals surface area contributed by atoms with Gasteiger partial charge in [0.15, 0.2) is 0 Å². The highest BCUT2D eigenvalue weighted by Gasteiger charge is 2.40. The number of nitriles is 1. The van der Waals surface area contributed by atoms with Gasteiger partial charge in [0.05, 0.1) is 24.6 Å². The third-order valence-corrected chi connectivity index (χ3v) is 8.46. The molecule has 0 aliphatic carbocycles. The van der Waals surface area contributed by atoms with Crippen molar-refractivity contribution in [2.75, 3.05) is 64.9 Å². The Morgan fingerprint density at radius 3 is 2.33 bits per heavy atom. The molecule has 0 aromatic heterocycles. The third-order valence-electron chi connectivity index (χ3n) is 8.46. The van der Waals surface area contributed by atoms with Crippen molar-refractivity contribution in [2.45, 2.75) is 65.3 Å². The molecule has 11 heteroatoms. The van der Waals surface area contributed by atoms with Crippen molar-refractivity contribution in [3.8, 4) is 6.07 Å². The molecule has 1 radical (unpaired) electrons. The molecule has 1 aromatic rings. The zero-order valence-corrected chi connectivity index (χ0v) is 27.6. The average molecular weight is 623 g/mol. The molecule has 4 aliphatic heterocycles. The zero-order chi connectivity index (χ0) is 32.9. The zero-order valence-electron chi connectivity index (χ0n) is 27.6. The van der Waals surface area contributed by atoms with Crippen molar-refractivity contribution in [1.29, 1.82) is 5.26 Å². The summed E-state index contributed by atoms with van der Waals surface area (Å²) in [5.41, 5.74) is 1.20. The predicted octanol–water partition coefficient (Wildman–Crippen LogP) is 4.47. The molecule has 4 heterocycles. The van der Waals surface area contributed by atoms with Crippen molar-refractivity contribution in [1.82, 2.24) is 14.7 Å². The molecule has 5 rings (SSSR count). The molecule has 0 spiro atoms. The van der Waals surface area contributed by atoms with Crippen LogP contribution < -0.4 is 4.90 Å². The minimum absolute atomic E-state index is 0.0349. The lowest BCUT2D eigenvalue weighted by Crippen LogP contribution is -2.53. The fourth-order valence-electron chi connectivity index (χ4n) is 6.00. The van der Waals surface area contributed by atoms with Gasteiger partial charge in [-0.05, 0) is 77.4 Å². The molecule has 2 saturated heterocycles. The van der Waals surface area contributed by atoms with Crippen LogP contribution in [0.25, 0.3) is 0 Å². The molecule has 45 heavy (non-hydrogen) atoms. The Labute approximate surface area is 268 Å². The summed E-state index contributed by atoms with van der Waals surface area (Å²) in [4.78, 5) is 42.5. The lowest BCUT2D eigenvalue weighted by Gasteiger charge is -2.41. The lowest BCUT2D eigenvalue weighted by molar-refractivity contribution is -0.127. The molecule has 0 N–H and O–H groups in total. The van der Waals surface area contributed by atoms with Gasteiger partial charge >= 0.3 is 6.02 Å². The van der Waals surface area contributed by atoms with Crippen LogP contribution in [0.5, 0.6) is 0 Å². The number of aliphatic imine (C=N–C) groups is 2. The lowest BCUT2D eigenvalue weighted by atomic mass is 9.82. The number of likely N-dealkylation sites (tertiary alicyclic amines) is 1. The van der Waals surface area contributed by atoms with Gasteiger partial charge in [-0.1, -0.05) is 26.5 Å². The first-order valence-corrected chi connectivity index (χ1v) is 16.1. The number of rotatable bonds is 5. The largest absolute Gasteiger partial charge is 0.464 e. The normalized spacial score (nSPS) is 21.7. The number of fused-ring (bicyclic) bond motifs is 1. The summed E-state index contributed by atoms with van der Waals surface area (Å²) in [7, 11) is 3.87. The van der Waals surface area contributed by atoms with Crippen LogP contribution in [0.4, 0.5) is 10.1 Å². The summed E-state index contributed by atoms with van der Waals surface area (Å²) in [5, 5.41) is 7.62. The number of piperazine rings is 1. The Hall–Kier alpha value is -3.78. The van der Waals surface area contributed by atoms with Crippen LogP contribution in [0.15, 0.2) is 40.8 Å². The van der Waals surface area contributed by atoms with E-state index < -0.39 is 5.92 Å². The van der Waals surface area contributed by atoms with E-state index in [0.717, 1.165) is 11.8 Å². The monoisotopic (exact) mass is 622 g/mol. The topological polar surface area (TPSA) is 105 Å². The SMILES string of the molecule is C=CC(=O)N1CCN(C2=NC(OCC)=NC(C[C@@H]3Cc4c(F)cccc4N(C)C3=O)[C]2CC)CC1.CCC#N.CN1CCCC1. The summed E-state index contributed by atoms with van der Waals surface area (Å²) in [5.74, 6) is 1.05. The number of hydrogen-bond acceptors (Lipinski definition) is 8. The number of hydrogen-bond donors (Lipinski definition) is 0. The summed E-state index contributed by atoms with van der Waals surface area (Å²) in [6, 6.07) is 6.79. The van der Waals surface area contributed by atoms with Crippen LogP contribution in [0, 0.1) is 29.0 Å². The van der Waals surface area contributed by atoms with E-state index in [4.69, 9.17) is 20.0 Å². The molecule has 1 unspecified atom stereocenters. The fourth-order valence-corrected chi connectivity index (χ4v) is 6.00. The van der Waals surface area contributed by atoms with Crippen molar-refractivity contribution in [2.24, 2.45) is 15.9 Å². The second-order valence-corrected chi connectivity index (χ2v) is 11.5. The van der Waals surface area contributed by atoms with Crippen molar-refractivity contribution >= 4 is 29.4 Å². The van der Waals surface area contributed by atoms with Crippen LogP contribution >= 0.6 is 0 Å². The molecule has 0 saturated carbocycles. The van der Waals surface area contributed by atoms with E-state index in [0.29, 0.717) is 75.7 Å². The first-order chi connectivity index (χ1) is 21.7. The van der Waals surface area contributed by atoms with Gasteiger partial charge in [0.25, 0.3) is 0 Å². The molecule has 10 nitrogen and oxygen atoms in total. The van der Waals surface area contributed by atoms with E-state index in [1.165, 1.54) is 38.1 Å². The van der Waals surface area contributed by atoms with Gasteiger partial charge in [-0.3, -0.25) is 9.59 Å². The molecule has 245 valence electrons. The Kier molecular flexibility index (Phi) is 14.0. The standard InChI is InChI=1S/C26H33FN5O3.C5H11N.C3H5N/c1-5-18-21(16-17-15-19-20(27)9-8-10-22(19)30(4)25(17)34)28-26(35-7-3)29-24(18)32-13-11-31(12-14-32)23(33)6-2;1-6-4-2-3-5-6;1-2-3-4/h6,8-10,17,21H,2,5,7,11-16H2,1,3-4H3;2-5H2,1H3;2H2,1H3/t17-,21?;;/m0../s1. The quantitative estimate of drug-likeness (QED) is 0.449. The number of anilines is 1. The van der Waals surface area contributed by atoms with E-state index in [2.05, 4.69) is 30.4 Å². The number of amidine groups is 2. The number of amides is 2. The maximum Gasteiger partial charge on any atom is 0.313 e. The summed E-state index contributed by atoms with van der Waals surface area (Å²) in [6.45, 7) is 14.8. The number of carbonyl (C=O) groups is 2. The van der Waals surface area contributed by atoms with Crippen LogP contribution in [-0.2, 0) is 20.7 Å². The molecular weight excluding hydrogens is 573 g/mol. The van der Waals surface area contributed by atoms with Gasteiger partial charge in [-0.15, -0.1) is 0 Å². The van der Waals surface area contributed by atoms with E-state index in [1.54, 1.807) is 29.0 Å². The second-order valence-electron chi connectivity index (χ2n) is 11.5. The van der Waals surface area contributed by atoms with Crippen molar-refractivity contribution in [3.63, 3.8) is 0 Å². The van der Waals surface area contributed by atoms with Gasteiger partial charge in [0.2, 0.25) is 11.8 Å². The summed E-state index contributed by atoms with van der Waals surface area (Å²) in [6.07, 6.45) is 6.29. The molecule has 4 aliphatic rings. The maximum absolute atomic E-state index is 14.6. The van der Waals surface area contributed by atoms with Gasteiger partial charge in [-0.25, -0.2) is 9.38 Å². The fraction of sp³-hybridized carbons (Fsp3) is 0.588. The first-order valence-electron chi connectivity index (χ1n) is 16.1. The maximum atomic E-state index is 14.6. The van der Waals surface area contributed by atoms with E-state index >= 15 is 0 Å². The molecule has 2 amide bonds. The van der Waals surface area contributed by atoms with Gasteiger partial charge in [-0.2, -0.15) is 10.3 Å². The summed E-state index contributed by atoms with van der Waals surface area (Å²) >= 11 is 0. The average Bonchev–Trinajstić information content (AvgIpc) is 3.54. The van der Waals surface area contributed by atoms with Crippen LogP contribution in [0.3, 0.4) is 0 Å². The van der Waals surface area contributed by atoms with Crippen LogP contribution in [0.1, 0.15) is 58.4 Å². The third kappa shape index (κ3) is 9.36. The van der Waals surface area contributed by atoms with Gasteiger partial charge < -0.3 is 24.3 Å². The van der Waals surface area contributed by atoms with E-state index in [-0.39, 0.29) is 23.7 Å². The molecule has 0 bridgehead atoms. The molecule has 2 atom stereocenters. The van der Waals surface area contributed by atoms with Gasteiger partial charge in [0.1, 0.15) is 11.7 Å². The number of carbonyl (C=O) groups excluding carboxylic acids is 2. The Morgan fingerprint density at radius 1 is 1.13 bits per heavy atom. The number of ether oxygens (including phenoxy) is 1. The highest BCUT2D eigenvalue weighted by Crippen LogP contribution is 2.36. The smallest absolute Gasteiger partial charge is 0.313 e. The van der Waals surface area contributed by atoms with Crippen molar-refractivity contribution in [3.05, 3.63) is 48.2 Å². The Bertz CT molecular complexity index is 1260. The highest BCUT2D eigenvalue weighted by atomic mass is 19.1.